The van der Waals surface area contributed by atoms with Gasteiger partial charge in [0.25, 0.3) is 11.5 Å². The highest BCUT2D eigenvalue weighted by Gasteiger charge is 2.21. The average molecular weight is 545 g/mol. The Morgan fingerprint density at radius 3 is 2.52 bits per heavy atom. The minimum Gasteiger partial charge on any atom is -0.383 e. The zero-order valence-electron chi connectivity index (χ0n) is 24.1. The minimum absolute atomic E-state index is 0.106. The van der Waals surface area contributed by atoms with E-state index in [0.29, 0.717) is 23.4 Å². The van der Waals surface area contributed by atoms with Crippen molar-refractivity contribution in [3.63, 3.8) is 0 Å². The fourth-order valence-electron chi connectivity index (χ4n) is 5.64. The zero-order chi connectivity index (χ0) is 28.6. The molecule has 1 saturated heterocycles. The van der Waals surface area contributed by atoms with Crippen molar-refractivity contribution < 1.29 is 9.53 Å². The molecule has 1 amide bonds. The number of hydrogen-bond donors (Lipinski definition) is 3. The third-order valence-electron chi connectivity index (χ3n) is 7.97. The molecular formula is C31H40N6O3. The first-order valence-electron chi connectivity index (χ1n) is 14.0. The fraction of sp³-hybridized carbons (Fsp3) is 0.419. The molecule has 4 N–H and O–H groups in total. The van der Waals surface area contributed by atoms with Crippen LogP contribution >= 0.6 is 0 Å². The number of nitrogens with one attached hydrogen (secondary N) is 2. The van der Waals surface area contributed by atoms with Crippen LogP contribution in [0.3, 0.4) is 0 Å². The third-order valence-corrected chi connectivity index (χ3v) is 7.97. The Morgan fingerprint density at radius 1 is 1.10 bits per heavy atom. The van der Waals surface area contributed by atoms with Crippen LogP contribution in [0.15, 0.2) is 47.0 Å². The Morgan fingerprint density at radius 2 is 1.85 bits per heavy atom. The van der Waals surface area contributed by atoms with Gasteiger partial charge < -0.3 is 25.8 Å². The number of morpholine rings is 1. The van der Waals surface area contributed by atoms with Gasteiger partial charge in [0.05, 0.1) is 13.2 Å². The Labute approximate surface area is 235 Å². The molecule has 0 radical (unpaired) electrons. The molecule has 0 spiro atoms. The number of aryl methyl sites for hydroxylation is 3. The number of nitrogen functional groups attached to an aromatic ring is 1. The summed E-state index contributed by atoms with van der Waals surface area (Å²) in [7, 11) is 0. The summed E-state index contributed by atoms with van der Waals surface area (Å²) in [5, 5.41) is 7.51. The molecule has 0 unspecified atom stereocenters. The van der Waals surface area contributed by atoms with Gasteiger partial charge in [0.2, 0.25) is 0 Å². The number of dihydropyridines is 1. The summed E-state index contributed by atoms with van der Waals surface area (Å²) in [6.45, 7) is 15.1. The first-order valence-corrected chi connectivity index (χ1v) is 14.0. The minimum atomic E-state index is -0.294. The molecule has 5 rings (SSSR count). The Balaban J connectivity index is 1.48. The van der Waals surface area contributed by atoms with Gasteiger partial charge in [0.1, 0.15) is 0 Å². The van der Waals surface area contributed by atoms with Crippen LogP contribution in [0, 0.1) is 20.8 Å². The monoisotopic (exact) mass is 544 g/mol. The van der Waals surface area contributed by atoms with Crippen LogP contribution in [0.25, 0.3) is 16.5 Å². The summed E-state index contributed by atoms with van der Waals surface area (Å²) in [5.74, 6) is 5.71. The second-order valence-electron chi connectivity index (χ2n) is 11.2. The number of nitrogens with two attached hydrogens (primary N) is 1. The first-order chi connectivity index (χ1) is 19.1. The second-order valence-corrected chi connectivity index (χ2v) is 11.2. The highest BCUT2D eigenvalue weighted by Crippen LogP contribution is 2.32. The van der Waals surface area contributed by atoms with Gasteiger partial charge in [-0.15, -0.1) is 0 Å². The number of nitrogens with zero attached hydrogens (tertiary/aromatic N) is 3. The van der Waals surface area contributed by atoms with Crippen molar-refractivity contribution in [3.8, 4) is 0 Å². The van der Waals surface area contributed by atoms with Crippen LogP contribution in [0.1, 0.15) is 58.2 Å². The molecule has 0 saturated carbocycles. The molecule has 2 aliphatic rings. The van der Waals surface area contributed by atoms with Crippen molar-refractivity contribution in [2.75, 3.05) is 45.2 Å². The molecule has 2 aromatic heterocycles. The van der Waals surface area contributed by atoms with E-state index in [4.69, 9.17) is 10.6 Å². The lowest BCUT2D eigenvalue weighted by molar-refractivity contribution is 0.0416. The number of benzene rings is 1. The highest BCUT2D eigenvalue weighted by molar-refractivity contribution is 6.09. The lowest BCUT2D eigenvalue weighted by atomic mass is 9.96. The molecule has 3 aromatic rings. The van der Waals surface area contributed by atoms with Crippen molar-refractivity contribution in [3.05, 3.63) is 86.1 Å². The number of allylic oxidation sites excluding steroid dienone is 2. The molecule has 212 valence electrons. The van der Waals surface area contributed by atoms with Crippen LogP contribution in [0.4, 0.5) is 0 Å². The number of pyridine rings is 1. The van der Waals surface area contributed by atoms with Crippen LogP contribution in [0.5, 0.6) is 0 Å². The predicted octanol–water partition coefficient (Wildman–Crippen LogP) is 3.16. The van der Waals surface area contributed by atoms with Crippen molar-refractivity contribution in [1.82, 2.24) is 24.8 Å². The first kappa shape index (κ1) is 27.7. The average Bonchev–Trinajstić information content (AvgIpc) is 3.28. The normalized spacial score (nSPS) is 16.1. The van der Waals surface area contributed by atoms with E-state index in [-0.39, 0.29) is 24.1 Å². The number of fused-ring (bicyclic) bond motifs is 1. The number of carbonyl (C=O) groups excluding carboxylic acids is 1. The summed E-state index contributed by atoms with van der Waals surface area (Å²) in [5.41, 5.74) is 7.65. The highest BCUT2D eigenvalue weighted by atomic mass is 16.5. The fourth-order valence-corrected chi connectivity index (χ4v) is 5.64. The van der Waals surface area contributed by atoms with E-state index in [1.165, 1.54) is 5.70 Å². The van der Waals surface area contributed by atoms with Crippen molar-refractivity contribution in [2.24, 2.45) is 0 Å². The molecule has 2 aliphatic heterocycles. The number of hydrogen-bond acceptors (Lipinski definition) is 6. The maximum absolute atomic E-state index is 13.7. The summed E-state index contributed by atoms with van der Waals surface area (Å²) >= 11 is 0. The van der Waals surface area contributed by atoms with Gasteiger partial charge in [-0.2, -0.15) is 0 Å². The van der Waals surface area contributed by atoms with E-state index >= 15 is 0 Å². The molecule has 1 aromatic carbocycles. The second kappa shape index (κ2) is 11.3. The molecule has 9 heteroatoms. The quantitative estimate of drug-likeness (QED) is 0.395. The van der Waals surface area contributed by atoms with Crippen LogP contribution < -0.4 is 22.0 Å². The van der Waals surface area contributed by atoms with E-state index < -0.39 is 0 Å². The maximum Gasteiger partial charge on any atom is 0.274 e. The molecule has 0 bridgehead atoms. The smallest absolute Gasteiger partial charge is 0.274 e. The standard InChI is InChI=1S/C31H40N6O3/c1-19(2)36-17-21(4)29-26(30(38)34-16-27-20(3)12-22(5)37(32)31(27)39)13-24(14-28(29)36)23-6-7-25(33-15-23)18-35-8-10-40-11-9-35/h6-7,12-14,17,19,33H,8-11,15-16,18,32H2,1-5H3,(H,34,38). The summed E-state index contributed by atoms with van der Waals surface area (Å²) in [6.07, 6.45) is 6.41. The predicted molar refractivity (Wildman–Crippen MR) is 160 cm³/mol. The molecule has 0 atom stereocenters. The van der Waals surface area contributed by atoms with Crippen LogP contribution in [-0.4, -0.2) is 59.4 Å². The van der Waals surface area contributed by atoms with Gasteiger partial charge in [0, 0.05) is 78.4 Å². The lowest BCUT2D eigenvalue weighted by Gasteiger charge is -2.29. The van der Waals surface area contributed by atoms with Crippen molar-refractivity contribution in [2.45, 2.75) is 47.2 Å². The van der Waals surface area contributed by atoms with E-state index in [1.54, 1.807) is 6.92 Å². The van der Waals surface area contributed by atoms with Gasteiger partial charge in [-0.25, -0.2) is 4.68 Å². The molecule has 4 heterocycles. The zero-order valence-corrected chi connectivity index (χ0v) is 24.1. The lowest BCUT2D eigenvalue weighted by Crippen LogP contribution is -2.40. The van der Waals surface area contributed by atoms with Gasteiger partial charge >= 0.3 is 0 Å². The van der Waals surface area contributed by atoms with Crippen LogP contribution in [-0.2, 0) is 11.3 Å². The molecule has 9 nitrogen and oxygen atoms in total. The van der Waals surface area contributed by atoms with Crippen molar-refractivity contribution >= 4 is 22.4 Å². The molecule has 40 heavy (non-hydrogen) atoms. The number of carbonyl (C=O) groups is 1. The summed E-state index contributed by atoms with van der Waals surface area (Å²) in [4.78, 5) is 28.9. The summed E-state index contributed by atoms with van der Waals surface area (Å²) < 4.78 is 8.82. The topological polar surface area (TPSA) is 107 Å². The number of amides is 1. The largest absolute Gasteiger partial charge is 0.383 e. The molecular weight excluding hydrogens is 504 g/mol. The summed E-state index contributed by atoms with van der Waals surface area (Å²) in [6, 6.07) is 6.26. The Bertz CT molecular complexity index is 1570. The molecule has 1 fully saturated rings. The number of rotatable bonds is 7. The van der Waals surface area contributed by atoms with E-state index in [1.807, 2.05) is 26.0 Å². The maximum atomic E-state index is 13.7. The molecule has 0 aliphatic carbocycles. The van der Waals surface area contributed by atoms with Gasteiger partial charge in [-0.1, -0.05) is 6.08 Å². The SMILES string of the molecule is Cc1cc(C)n(N)c(=O)c1CNC(=O)c1cc(C2=CC=C(CN3CCOCC3)NC2)cc2c1c(C)cn2C(C)C. The number of ether oxygens (including phenoxy) is 1. The van der Waals surface area contributed by atoms with Crippen molar-refractivity contribution in [1.29, 1.82) is 0 Å². The van der Waals surface area contributed by atoms with Crippen LogP contribution in [0.2, 0.25) is 0 Å². The Kier molecular flexibility index (Phi) is 7.87. The van der Waals surface area contributed by atoms with Gasteiger partial charge in [0.15, 0.2) is 0 Å². The van der Waals surface area contributed by atoms with E-state index in [2.05, 4.69) is 58.4 Å². The van der Waals surface area contributed by atoms with E-state index in [0.717, 1.165) is 70.7 Å². The third kappa shape index (κ3) is 5.44. The van der Waals surface area contributed by atoms with E-state index in [9.17, 15) is 9.59 Å². The Hall–Kier alpha value is -3.82. The van der Waals surface area contributed by atoms with Gasteiger partial charge in [-0.3, -0.25) is 14.5 Å². The van der Waals surface area contributed by atoms with Gasteiger partial charge in [-0.05, 0) is 81.2 Å². The number of aromatic nitrogens is 2.